The molecular weight excluding hydrogens is 301 g/mol. The van der Waals surface area contributed by atoms with Crippen molar-refractivity contribution in [2.24, 2.45) is 11.7 Å². The lowest BCUT2D eigenvalue weighted by Crippen LogP contribution is -2.46. The van der Waals surface area contributed by atoms with E-state index < -0.39 is 6.04 Å². The number of halogens is 2. The van der Waals surface area contributed by atoms with Gasteiger partial charge in [0.1, 0.15) is 0 Å². The lowest BCUT2D eigenvalue weighted by atomic mass is 10.0. The van der Waals surface area contributed by atoms with Crippen LogP contribution in [0.25, 0.3) is 0 Å². The van der Waals surface area contributed by atoms with Crippen LogP contribution in [-0.4, -0.2) is 56.7 Å². The average Bonchev–Trinajstić information content (AvgIpc) is 2.30. The summed E-state index contributed by atoms with van der Waals surface area (Å²) in [5.74, 6) is 0.0527. The molecule has 0 saturated heterocycles. The topological polar surface area (TPSA) is 67.6 Å². The summed E-state index contributed by atoms with van der Waals surface area (Å²) >= 11 is 0. The van der Waals surface area contributed by atoms with Gasteiger partial charge < -0.3 is 20.7 Å². The zero-order valence-electron chi connectivity index (χ0n) is 13.2. The third-order valence-electron chi connectivity index (χ3n) is 2.83. The molecule has 0 aliphatic carbocycles. The van der Waals surface area contributed by atoms with E-state index in [2.05, 4.69) is 10.2 Å². The van der Waals surface area contributed by atoms with Crippen LogP contribution in [-0.2, 0) is 9.53 Å². The number of hydrogen-bond donors (Lipinski definition) is 2. The molecule has 0 aliphatic rings. The van der Waals surface area contributed by atoms with Crippen LogP contribution >= 0.6 is 24.8 Å². The quantitative estimate of drug-likeness (QED) is 0.668. The molecule has 5 nitrogen and oxygen atoms in total. The van der Waals surface area contributed by atoms with Gasteiger partial charge in [0.05, 0.1) is 12.1 Å². The van der Waals surface area contributed by atoms with Gasteiger partial charge in [-0.2, -0.15) is 0 Å². The predicted octanol–water partition coefficient (Wildman–Crippen LogP) is 1.29. The fourth-order valence-electron chi connectivity index (χ4n) is 1.52. The molecule has 1 unspecified atom stereocenters. The van der Waals surface area contributed by atoms with Crippen molar-refractivity contribution < 1.29 is 9.53 Å². The van der Waals surface area contributed by atoms with E-state index in [1.807, 2.05) is 34.9 Å². The molecule has 124 valence electrons. The molecule has 0 saturated carbocycles. The van der Waals surface area contributed by atoms with E-state index in [1.165, 1.54) is 0 Å². The molecule has 0 aromatic rings. The fourth-order valence-corrected chi connectivity index (χ4v) is 1.52. The molecule has 0 heterocycles. The minimum atomic E-state index is -0.443. The normalized spacial score (nSPS) is 13.4. The molecule has 0 spiro atoms. The highest BCUT2D eigenvalue weighted by Crippen LogP contribution is 2.01. The van der Waals surface area contributed by atoms with Crippen molar-refractivity contribution in [3.63, 3.8) is 0 Å². The third-order valence-corrected chi connectivity index (χ3v) is 2.83. The second kappa shape index (κ2) is 13.9. The minimum Gasteiger partial charge on any atom is -0.377 e. The molecule has 3 N–H and O–H groups in total. The van der Waals surface area contributed by atoms with Crippen LogP contribution in [0.15, 0.2) is 0 Å². The second-order valence-corrected chi connectivity index (χ2v) is 5.18. The lowest BCUT2D eigenvalue weighted by Gasteiger charge is -2.21. The average molecular weight is 332 g/mol. The van der Waals surface area contributed by atoms with E-state index >= 15 is 0 Å². The summed E-state index contributed by atoms with van der Waals surface area (Å²) in [6.07, 6.45) is 0.957. The van der Waals surface area contributed by atoms with Gasteiger partial charge in [0, 0.05) is 19.7 Å². The van der Waals surface area contributed by atoms with Crippen molar-refractivity contribution in [2.75, 3.05) is 33.8 Å². The van der Waals surface area contributed by atoms with Crippen LogP contribution in [0, 0.1) is 5.92 Å². The number of nitrogens with two attached hydrogens (primary N) is 1. The monoisotopic (exact) mass is 331 g/mol. The van der Waals surface area contributed by atoms with Crippen molar-refractivity contribution in [3.8, 4) is 0 Å². The maximum Gasteiger partial charge on any atom is 0.237 e. The summed E-state index contributed by atoms with van der Waals surface area (Å²) in [4.78, 5) is 13.8. The molecule has 7 heteroatoms. The Balaban J connectivity index is -0.00000144. The highest BCUT2D eigenvalue weighted by molar-refractivity contribution is 5.85. The maximum atomic E-state index is 11.7. The van der Waals surface area contributed by atoms with Gasteiger partial charge in [-0.05, 0) is 33.4 Å². The number of hydrogen-bond acceptors (Lipinski definition) is 4. The Bertz CT molecular complexity index is 242. The van der Waals surface area contributed by atoms with Gasteiger partial charge in [-0.1, -0.05) is 13.8 Å². The molecule has 0 bridgehead atoms. The fraction of sp³-hybridized carbons (Fsp3) is 0.923. The van der Waals surface area contributed by atoms with Gasteiger partial charge in [0.25, 0.3) is 0 Å². The first-order chi connectivity index (χ1) is 8.38. The Hall–Kier alpha value is -0.0700. The molecule has 0 aromatic carbocycles. The Kier molecular flexibility index (Phi) is 17.3. The molecular formula is C13H31Cl2N3O2. The number of carbonyl (C=O) groups is 1. The highest BCUT2D eigenvalue weighted by atomic mass is 35.5. The standard InChI is InChI=1S/C13H29N3O2.2ClH/c1-6-18-11(7-8-16(4)5)9-15-13(17)12(14)10(2)3;;/h10-12H,6-9,14H2,1-5H3,(H,15,17);2*1H/t11?,12-;;/m0../s1. The van der Waals surface area contributed by atoms with E-state index in [1.54, 1.807) is 0 Å². The summed E-state index contributed by atoms with van der Waals surface area (Å²) in [6.45, 7) is 7.97. The van der Waals surface area contributed by atoms with Crippen LogP contribution in [0.1, 0.15) is 27.2 Å². The SMILES string of the molecule is CCOC(CCN(C)C)CNC(=O)[C@@H](N)C(C)C.Cl.Cl. The highest BCUT2D eigenvalue weighted by Gasteiger charge is 2.18. The van der Waals surface area contributed by atoms with E-state index in [0.29, 0.717) is 13.2 Å². The summed E-state index contributed by atoms with van der Waals surface area (Å²) in [7, 11) is 4.05. The number of amides is 1. The van der Waals surface area contributed by atoms with Gasteiger partial charge >= 0.3 is 0 Å². The van der Waals surface area contributed by atoms with E-state index in [0.717, 1.165) is 13.0 Å². The summed E-state index contributed by atoms with van der Waals surface area (Å²) in [5.41, 5.74) is 5.78. The van der Waals surface area contributed by atoms with E-state index in [9.17, 15) is 4.79 Å². The predicted molar refractivity (Wildman–Crippen MR) is 88.9 cm³/mol. The van der Waals surface area contributed by atoms with Gasteiger partial charge in [0.2, 0.25) is 5.91 Å². The zero-order chi connectivity index (χ0) is 14.1. The first kappa shape index (κ1) is 24.9. The summed E-state index contributed by atoms with van der Waals surface area (Å²) in [5, 5.41) is 2.86. The van der Waals surface area contributed by atoms with Crippen molar-refractivity contribution in [2.45, 2.75) is 39.3 Å². The van der Waals surface area contributed by atoms with Crippen LogP contribution in [0.3, 0.4) is 0 Å². The van der Waals surface area contributed by atoms with Gasteiger partial charge in [-0.3, -0.25) is 4.79 Å². The summed E-state index contributed by atoms with van der Waals surface area (Å²) in [6, 6.07) is -0.443. The van der Waals surface area contributed by atoms with Gasteiger partial charge in [-0.25, -0.2) is 0 Å². The molecule has 1 amide bonds. The molecule has 0 aliphatic heterocycles. The molecule has 0 rings (SSSR count). The second-order valence-electron chi connectivity index (χ2n) is 5.18. The zero-order valence-corrected chi connectivity index (χ0v) is 14.9. The van der Waals surface area contributed by atoms with Crippen LogP contribution < -0.4 is 11.1 Å². The molecule has 0 radical (unpaired) electrons. The number of carbonyl (C=O) groups excluding carboxylic acids is 1. The maximum absolute atomic E-state index is 11.7. The Morgan fingerprint density at radius 3 is 2.25 bits per heavy atom. The smallest absolute Gasteiger partial charge is 0.237 e. The Morgan fingerprint density at radius 2 is 1.85 bits per heavy atom. The van der Waals surface area contributed by atoms with Crippen LogP contribution in [0.5, 0.6) is 0 Å². The van der Waals surface area contributed by atoms with Crippen molar-refractivity contribution >= 4 is 30.7 Å². The molecule has 0 aromatic heterocycles. The Labute approximate surface area is 135 Å². The number of ether oxygens (including phenoxy) is 1. The summed E-state index contributed by atoms with van der Waals surface area (Å²) < 4.78 is 5.60. The van der Waals surface area contributed by atoms with E-state index in [4.69, 9.17) is 10.5 Å². The lowest BCUT2D eigenvalue weighted by molar-refractivity contribution is -0.123. The van der Waals surface area contributed by atoms with Gasteiger partial charge in [0.15, 0.2) is 0 Å². The van der Waals surface area contributed by atoms with E-state index in [-0.39, 0.29) is 42.7 Å². The molecule has 2 atom stereocenters. The Morgan fingerprint density at radius 1 is 1.30 bits per heavy atom. The van der Waals surface area contributed by atoms with Crippen LogP contribution in [0.2, 0.25) is 0 Å². The first-order valence-electron chi connectivity index (χ1n) is 6.68. The van der Waals surface area contributed by atoms with Crippen molar-refractivity contribution in [1.82, 2.24) is 10.2 Å². The van der Waals surface area contributed by atoms with Crippen molar-refractivity contribution in [1.29, 1.82) is 0 Å². The third kappa shape index (κ3) is 11.7. The molecule has 0 fully saturated rings. The number of nitrogens with one attached hydrogen (secondary N) is 1. The number of nitrogens with zero attached hydrogens (tertiary/aromatic N) is 1. The van der Waals surface area contributed by atoms with Crippen LogP contribution in [0.4, 0.5) is 0 Å². The minimum absolute atomic E-state index is 0. The van der Waals surface area contributed by atoms with Crippen molar-refractivity contribution in [3.05, 3.63) is 0 Å². The number of rotatable bonds is 9. The first-order valence-corrected chi connectivity index (χ1v) is 6.68. The van der Waals surface area contributed by atoms with Gasteiger partial charge in [-0.15, -0.1) is 24.8 Å². The molecule has 20 heavy (non-hydrogen) atoms. The largest absolute Gasteiger partial charge is 0.377 e.